The van der Waals surface area contributed by atoms with Gasteiger partial charge in [0.1, 0.15) is 11.5 Å². The van der Waals surface area contributed by atoms with Gasteiger partial charge in [0.05, 0.1) is 46.9 Å². The second kappa shape index (κ2) is 14.0. The number of aromatic nitrogens is 2. The molecule has 1 aliphatic rings. The number of likely N-dealkylation sites (N-methyl/N-ethyl adjacent to an activating group) is 1. The Hall–Kier alpha value is -4.34. The van der Waals surface area contributed by atoms with E-state index in [9.17, 15) is 0 Å². The molecule has 2 aromatic heterocycles. The second-order valence-electron chi connectivity index (χ2n) is 11.1. The van der Waals surface area contributed by atoms with E-state index in [1.54, 1.807) is 35.5 Å². The highest BCUT2D eigenvalue weighted by Gasteiger charge is 2.26. The van der Waals surface area contributed by atoms with Gasteiger partial charge in [0.15, 0.2) is 11.5 Å². The molecular weight excluding hydrogens is 556 g/mol. The third kappa shape index (κ3) is 6.74. The molecule has 9 heteroatoms. The van der Waals surface area contributed by atoms with Crippen molar-refractivity contribution < 1.29 is 23.7 Å². The van der Waals surface area contributed by atoms with Crippen molar-refractivity contribution in [1.82, 2.24) is 19.8 Å². The third-order valence-corrected chi connectivity index (χ3v) is 8.37. The monoisotopic (exact) mass is 598 g/mol. The van der Waals surface area contributed by atoms with Crippen LogP contribution in [0, 0.1) is 6.92 Å². The molecule has 0 saturated carbocycles. The van der Waals surface area contributed by atoms with Crippen molar-refractivity contribution in [2.45, 2.75) is 32.5 Å². The summed E-state index contributed by atoms with van der Waals surface area (Å²) < 4.78 is 27.7. The Morgan fingerprint density at radius 2 is 1.25 bits per heavy atom. The minimum Gasteiger partial charge on any atom is -0.496 e. The van der Waals surface area contributed by atoms with Crippen LogP contribution in [0.5, 0.6) is 28.7 Å². The highest BCUT2D eigenvalue weighted by atomic mass is 16.5. The highest BCUT2D eigenvalue weighted by Crippen LogP contribution is 2.41. The number of nitrogens with zero attached hydrogens (tertiary/aromatic N) is 4. The second-order valence-corrected chi connectivity index (χ2v) is 11.1. The Morgan fingerprint density at radius 1 is 0.727 bits per heavy atom. The van der Waals surface area contributed by atoms with E-state index in [2.05, 4.69) is 51.1 Å². The van der Waals surface area contributed by atoms with E-state index in [-0.39, 0.29) is 0 Å². The van der Waals surface area contributed by atoms with E-state index in [1.807, 2.05) is 43.6 Å². The lowest BCUT2D eigenvalue weighted by Gasteiger charge is -2.25. The minimum atomic E-state index is 0.458. The lowest BCUT2D eigenvalue weighted by molar-refractivity contribution is 0.222. The molecule has 4 aromatic rings. The smallest absolute Gasteiger partial charge is 0.203 e. The fourth-order valence-corrected chi connectivity index (χ4v) is 5.91. The van der Waals surface area contributed by atoms with Gasteiger partial charge in [-0.3, -0.25) is 19.8 Å². The molecule has 1 fully saturated rings. The van der Waals surface area contributed by atoms with Gasteiger partial charge in [-0.2, -0.15) is 0 Å². The summed E-state index contributed by atoms with van der Waals surface area (Å²) in [5, 5.41) is 0. The Bertz CT molecular complexity index is 1540. The molecule has 0 aliphatic carbocycles. The molecule has 0 spiro atoms. The van der Waals surface area contributed by atoms with Gasteiger partial charge in [-0.25, -0.2) is 0 Å². The molecule has 0 radical (unpaired) electrons. The Balaban J connectivity index is 1.24. The van der Waals surface area contributed by atoms with Gasteiger partial charge in [-0.05, 0) is 80.1 Å². The largest absolute Gasteiger partial charge is 0.496 e. The average molecular weight is 599 g/mol. The van der Waals surface area contributed by atoms with Crippen molar-refractivity contribution in [2.24, 2.45) is 0 Å². The standard InChI is InChI=1S/C35H42N4O5/c1-23-31(40-3)16-26(17-32(23)41-4)30-15-25(9-12-37-30)21-39-13-10-28(22-39)38(2)20-24-8-11-36-29(14-24)27-18-33(42-5)35(44-7)34(19-27)43-6/h8-9,11-12,14-19,28H,10,13,20-22H2,1-7H3/t28-/m0/s1. The first-order valence-electron chi connectivity index (χ1n) is 14.7. The van der Waals surface area contributed by atoms with Gasteiger partial charge in [0.2, 0.25) is 5.75 Å². The molecule has 232 valence electrons. The van der Waals surface area contributed by atoms with E-state index in [1.165, 1.54) is 11.1 Å². The van der Waals surface area contributed by atoms with Crippen LogP contribution in [0.15, 0.2) is 60.9 Å². The maximum absolute atomic E-state index is 5.58. The van der Waals surface area contributed by atoms with Gasteiger partial charge in [0.25, 0.3) is 0 Å². The predicted octanol–water partition coefficient (Wildman–Crippen LogP) is 5.87. The number of benzene rings is 2. The van der Waals surface area contributed by atoms with Crippen molar-refractivity contribution in [3.63, 3.8) is 0 Å². The van der Waals surface area contributed by atoms with Crippen LogP contribution in [-0.4, -0.2) is 81.5 Å². The van der Waals surface area contributed by atoms with Crippen LogP contribution in [0.3, 0.4) is 0 Å². The van der Waals surface area contributed by atoms with Gasteiger partial charge in [-0.1, -0.05) is 0 Å². The summed E-state index contributed by atoms with van der Waals surface area (Å²) in [5.41, 5.74) is 7.08. The highest BCUT2D eigenvalue weighted by molar-refractivity contribution is 5.69. The summed E-state index contributed by atoms with van der Waals surface area (Å²) in [6.07, 6.45) is 4.87. The SMILES string of the molecule is COc1cc(-c2cc(CN3CC[C@H](N(C)Cc4ccnc(-c5cc(OC)c(OC)c(OC)c5)c4)C3)ccn2)cc(OC)c1C. The molecule has 9 nitrogen and oxygen atoms in total. The fourth-order valence-electron chi connectivity index (χ4n) is 5.91. The molecule has 5 rings (SSSR count). The van der Waals surface area contributed by atoms with Crippen molar-refractivity contribution >= 4 is 0 Å². The summed E-state index contributed by atoms with van der Waals surface area (Å²) in [6.45, 7) is 5.75. The minimum absolute atomic E-state index is 0.458. The summed E-state index contributed by atoms with van der Waals surface area (Å²) in [6, 6.07) is 16.9. The number of likely N-dealkylation sites (tertiary alicyclic amines) is 1. The summed E-state index contributed by atoms with van der Waals surface area (Å²) in [7, 11) is 10.4. The lowest BCUT2D eigenvalue weighted by atomic mass is 10.0. The number of rotatable bonds is 12. The fraction of sp³-hybridized carbons (Fsp3) is 0.371. The van der Waals surface area contributed by atoms with Gasteiger partial charge in [-0.15, -0.1) is 0 Å². The van der Waals surface area contributed by atoms with Crippen LogP contribution in [0.1, 0.15) is 23.1 Å². The van der Waals surface area contributed by atoms with Crippen molar-refractivity contribution in [3.05, 3.63) is 77.6 Å². The van der Waals surface area contributed by atoms with Crippen molar-refractivity contribution in [1.29, 1.82) is 0 Å². The average Bonchev–Trinajstić information content (AvgIpc) is 3.53. The molecule has 1 atom stereocenters. The van der Waals surface area contributed by atoms with Crippen LogP contribution in [0.4, 0.5) is 0 Å². The third-order valence-electron chi connectivity index (χ3n) is 8.37. The van der Waals surface area contributed by atoms with Crippen LogP contribution >= 0.6 is 0 Å². The molecule has 44 heavy (non-hydrogen) atoms. The molecular formula is C35H42N4O5. The van der Waals surface area contributed by atoms with E-state index >= 15 is 0 Å². The van der Waals surface area contributed by atoms with Crippen molar-refractivity contribution in [3.8, 4) is 51.3 Å². The van der Waals surface area contributed by atoms with Crippen molar-refractivity contribution in [2.75, 3.05) is 55.7 Å². The quantitative estimate of drug-likeness (QED) is 0.199. The van der Waals surface area contributed by atoms with Gasteiger partial charge >= 0.3 is 0 Å². The van der Waals surface area contributed by atoms with Crippen LogP contribution in [-0.2, 0) is 13.1 Å². The molecule has 0 unspecified atom stereocenters. The molecule has 0 bridgehead atoms. The lowest BCUT2D eigenvalue weighted by Crippen LogP contribution is -2.34. The van der Waals surface area contributed by atoms with E-state index < -0.39 is 0 Å². The number of methoxy groups -OCH3 is 5. The van der Waals surface area contributed by atoms with E-state index in [0.717, 1.165) is 72.2 Å². The topological polar surface area (TPSA) is 78.4 Å². The molecule has 3 heterocycles. The molecule has 0 N–H and O–H groups in total. The first-order valence-corrected chi connectivity index (χ1v) is 14.7. The maximum Gasteiger partial charge on any atom is 0.203 e. The number of hydrogen-bond acceptors (Lipinski definition) is 9. The summed E-state index contributed by atoms with van der Waals surface area (Å²) >= 11 is 0. The zero-order valence-electron chi connectivity index (χ0n) is 26.7. The Morgan fingerprint density at radius 3 is 1.80 bits per heavy atom. The predicted molar refractivity (Wildman–Crippen MR) is 172 cm³/mol. The first kappa shape index (κ1) is 31.1. The first-order chi connectivity index (χ1) is 21.4. The maximum atomic E-state index is 5.58. The normalized spacial score (nSPS) is 15.0. The van der Waals surface area contributed by atoms with E-state index in [4.69, 9.17) is 23.7 Å². The van der Waals surface area contributed by atoms with Gasteiger partial charge in [0, 0.05) is 61.3 Å². The Kier molecular flexibility index (Phi) is 9.87. The van der Waals surface area contributed by atoms with Gasteiger partial charge < -0.3 is 23.7 Å². The zero-order valence-corrected chi connectivity index (χ0v) is 26.7. The summed E-state index contributed by atoms with van der Waals surface area (Å²) in [5.74, 6) is 3.37. The van der Waals surface area contributed by atoms with Crippen LogP contribution in [0.2, 0.25) is 0 Å². The summed E-state index contributed by atoms with van der Waals surface area (Å²) in [4.78, 5) is 14.2. The van der Waals surface area contributed by atoms with Crippen LogP contribution in [0.25, 0.3) is 22.5 Å². The number of ether oxygens (including phenoxy) is 5. The zero-order chi connectivity index (χ0) is 31.2. The molecule has 1 aliphatic heterocycles. The number of hydrogen-bond donors (Lipinski definition) is 0. The molecule has 2 aromatic carbocycles. The number of pyridine rings is 2. The molecule has 0 amide bonds. The van der Waals surface area contributed by atoms with E-state index in [0.29, 0.717) is 23.3 Å². The molecule has 1 saturated heterocycles. The Labute approximate surface area is 260 Å². The van der Waals surface area contributed by atoms with Crippen LogP contribution < -0.4 is 23.7 Å².